The van der Waals surface area contributed by atoms with E-state index in [2.05, 4.69) is 17.1 Å². The van der Waals surface area contributed by atoms with Crippen molar-refractivity contribution in [3.8, 4) is 0 Å². The van der Waals surface area contributed by atoms with Crippen LogP contribution in [0, 0.1) is 5.41 Å². The fourth-order valence-electron chi connectivity index (χ4n) is 2.80. The number of hydrogen-bond donors (Lipinski definition) is 2. The molecule has 3 N–H and O–H groups in total. The van der Waals surface area contributed by atoms with Gasteiger partial charge in [0.25, 0.3) is 0 Å². The molecule has 1 unspecified atom stereocenters. The van der Waals surface area contributed by atoms with Gasteiger partial charge in [0.2, 0.25) is 5.91 Å². The first-order valence-corrected chi connectivity index (χ1v) is 7.85. The van der Waals surface area contributed by atoms with Gasteiger partial charge in [-0.2, -0.15) is 0 Å². The molecule has 2 rings (SSSR count). The predicted molar refractivity (Wildman–Crippen MR) is 82.6 cm³/mol. The first kappa shape index (κ1) is 15.7. The Kier molecular flexibility index (Phi) is 5.35. The van der Waals surface area contributed by atoms with E-state index >= 15 is 0 Å². The Hall–Kier alpha value is -0.720. The number of morpholine rings is 1. The van der Waals surface area contributed by atoms with Crippen molar-refractivity contribution < 1.29 is 9.53 Å². The highest BCUT2D eigenvalue weighted by Crippen LogP contribution is 2.49. The molecule has 0 aromatic carbocycles. The van der Waals surface area contributed by atoms with Crippen LogP contribution in [0.1, 0.15) is 32.6 Å². The van der Waals surface area contributed by atoms with Gasteiger partial charge in [0.05, 0.1) is 18.2 Å². The Morgan fingerprint density at radius 2 is 2.30 bits per heavy atom. The summed E-state index contributed by atoms with van der Waals surface area (Å²) in [6, 6.07) is -0.167. The van der Waals surface area contributed by atoms with Gasteiger partial charge in [0, 0.05) is 26.1 Å². The van der Waals surface area contributed by atoms with Crippen LogP contribution >= 0.6 is 12.2 Å². The average molecular weight is 299 g/mol. The smallest absolute Gasteiger partial charge is 0.239 e. The van der Waals surface area contributed by atoms with Gasteiger partial charge in [-0.1, -0.05) is 19.1 Å². The lowest BCUT2D eigenvalue weighted by atomic mass is 10.00. The lowest BCUT2D eigenvalue weighted by Gasteiger charge is -2.37. The molecule has 0 bridgehead atoms. The van der Waals surface area contributed by atoms with E-state index in [4.69, 9.17) is 22.7 Å². The van der Waals surface area contributed by atoms with E-state index in [1.54, 1.807) is 0 Å². The van der Waals surface area contributed by atoms with Crippen LogP contribution in [0.3, 0.4) is 0 Å². The summed E-state index contributed by atoms with van der Waals surface area (Å²) in [4.78, 5) is 15.0. The van der Waals surface area contributed by atoms with Gasteiger partial charge in [-0.05, 0) is 24.7 Å². The first-order chi connectivity index (χ1) is 9.56. The van der Waals surface area contributed by atoms with Gasteiger partial charge in [0.15, 0.2) is 0 Å². The van der Waals surface area contributed by atoms with Crippen molar-refractivity contribution in [1.82, 2.24) is 10.2 Å². The van der Waals surface area contributed by atoms with Crippen molar-refractivity contribution >= 4 is 23.1 Å². The van der Waals surface area contributed by atoms with Crippen molar-refractivity contribution in [2.45, 2.75) is 38.6 Å². The van der Waals surface area contributed by atoms with Crippen LogP contribution in [0.15, 0.2) is 0 Å². The molecule has 1 amide bonds. The molecule has 1 saturated carbocycles. The van der Waals surface area contributed by atoms with Gasteiger partial charge in [-0.25, -0.2) is 0 Å². The number of nitrogens with one attached hydrogen (secondary N) is 1. The molecule has 20 heavy (non-hydrogen) atoms. The van der Waals surface area contributed by atoms with Crippen LogP contribution < -0.4 is 11.1 Å². The summed E-state index contributed by atoms with van der Waals surface area (Å²) in [5, 5.41) is 2.97. The van der Waals surface area contributed by atoms with E-state index in [1.165, 1.54) is 0 Å². The van der Waals surface area contributed by atoms with E-state index in [9.17, 15) is 4.79 Å². The fraction of sp³-hybridized carbons (Fsp3) is 0.857. The van der Waals surface area contributed by atoms with Crippen molar-refractivity contribution in [3.63, 3.8) is 0 Å². The molecule has 0 spiro atoms. The Balaban J connectivity index is 1.93. The predicted octanol–water partition coefficient (Wildman–Crippen LogP) is 0.670. The maximum Gasteiger partial charge on any atom is 0.239 e. The highest BCUT2D eigenvalue weighted by Gasteiger charge is 2.46. The molecular weight excluding hydrogens is 274 g/mol. The van der Waals surface area contributed by atoms with Gasteiger partial charge in [-0.15, -0.1) is 0 Å². The third kappa shape index (κ3) is 4.14. The summed E-state index contributed by atoms with van der Waals surface area (Å²) in [5.74, 6) is 0.0812. The summed E-state index contributed by atoms with van der Waals surface area (Å²) in [7, 11) is 0. The first-order valence-electron chi connectivity index (χ1n) is 7.44. The highest BCUT2D eigenvalue weighted by molar-refractivity contribution is 7.80. The van der Waals surface area contributed by atoms with Gasteiger partial charge in [-0.3, -0.25) is 9.69 Å². The second kappa shape index (κ2) is 6.83. The minimum Gasteiger partial charge on any atom is -0.393 e. The zero-order chi connectivity index (χ0) is 14.6. The molecule has 2 fully saturated rings. The summed E-state index contributed by atoms with van der Waals surface area (Å²) in [6.45, 7) is 5.67. The molecule has 6 heteroatoms. The Morgan fingerprint density at radius 1 is 1.55 bits per heavy atom. The Labute approximate surface area is 126 Å². The van der Waals surface area contributed by atoms with Crippen molar-refractivity contribution in [1.29, 1.82) is 0 Å². The molecule has 1 aliphatic heterocycles. The SMILES string of the molecule is CCCNC(=O)C1COCCN1CC1(CC(N)=S)CC1. The molecule has 1 saturated heterocycles. The average Bonchev–Trinajstić information content (AvgIpc) is 3.15. The number of ether oxygens (including phenoxy) is 1. The molecule has 0 radical (unpaired) electrons. The van der Waals surface area contributed by atoms with Crippen LogP contribution in [0.4, 0.5) is 0 Å². The summed E-state index contributed by atoms with van der Waals surface area (Å²) in [5.41, 5.74) is 5.91. The van der Waals surface area contributed by atoms with Crippen molar-refractivity contribution in [2.75, 3.05) is 32.8 Å². The zero-order valence-electron chi connectivity index (χ0n) is 12.2. The van der Waals surface area contributed by atoms with Crippen LogP contribution in [0.25, 0.3) is 0 Å². The van der Waals surface area contributed by atoms with Gasteiger partial charge in [0.1, 0.15) is 6.04 Å². The second-order valence-corrected chi connectivity index (χ2v) is 6.52. The van der Waals surface area contributed by atoms with E-state index in [-0.39, 0.29) is 17.4 Å². The molecule has 2 aliphatic rings. The summed E-state index contributed by atoms with van der Waals surface area (Å²) < 4.78 is 5.48. The number of hydrogen-bond acceptors (Lipinski definition) is 4. The van der Waals surface area contributed by atoms with Crippen LogP contribution in [-0.2, 0) is 9.53 Å². The molecule has 5 nitrogen and oxygen atoms in total. The zero-order valence-corrected chi connectivity index (χ0v) is 13.0. The Morgan fingerprint density at radius 3 is 2.90 bits per heavy atom. The monoisotopic (exact) mass is 299 g/mol. The van der Waals surface area contributed by atoms with E-state index < -0.39 is 0 Å². The minimum atomic E-state index is -0.167. The topological polar surface area (TPSA) is 67.6 Å². The number of amides is 1. The number of rotatable bonds is 7. The van der Waals surface area contributed by atoms with Crippen LogP contribution in [-0.4, -0.2) is 54.7 Å². The summed E-state index contributed by atoms with van der Waals surface area (Å²) >= 11 is 5.04. The molecule has 0 aromatic heterocycles. The summed E-state index contributed by atoms with van der Waals surface area (Å²) in [6.07, 6.45) is 4.06. The van der Waals surface area contributed by atoms with Gasteiger partial charge >= 0.3 is 0 Å². The quantitative estimate of drug-likeness (QED) is 0.676. The van der Waals surface area contributed by atoms with Crippen molar-refractivity contribution in [3.05, 3.63) is 0 Å². The largest absolute Gasteiger partial charge is 0.393 e. The third-order valence-corrected chi connectivity index (χ3v) is 4.28. The minimum absolute atomic E-state index is 0.0812. The molecule has 1 aliphatic carbocycles. The lowest BCUT2D eigenvalue weighted by Crippen LogP contribution is -2.55. The maximum atomic E-state index is 12.2. The molecule has 114 valence electrons. The van der Waals surface area contributed by atoms with Crippen LogP contribution in [0.5, 0.6) is 0 Å². The lowest BCUT2D eigenvalue weighted by molar-refractivity contribution is -0.133. The molecule has 1 heterocycles. The number of carbonyl (C=O) groups is 1. The Bertz CT molecular complexity index is 371. The van der Waals surface area contributed by atoms with Gasteiger partial charge < -0.3 is 15.8 Å². The maximum absolute atomic E-state index is 12.2. The fourth-order valence-corrected chi connectivity index (χ4v) is 3.11. The number of nitrogens with two attached hydrogens (primary N) is 1. The van der Waals surface area contributed by atoms with E-state index in [0.29, 0.717) is 18.2 Å². The van der Waals surface area contributed by atoms with E-state index in [1.807, 2.05) is 0 Å². The molecule has 0 aromatic rings. The molecule has 1 atom stereocenters. The molecular formula is C14H25N3O2S. The normalized spacial score (nSPS) is 25.1. The van der Waals surface area contributed by atoms with Crippen LogP contribution in [0.2, 0.25) is 0 Å². The highest BCUT2D eigenvalue weighted by atomic mass is 32.1. The number of carbonyl (C=O) groups excluding carboxylic acids is 1. The number of thiocarbonyl (C=S) groups is 1. The number of nitrogens with zero attached hydrogens (tertiary/aromatic N) is 1. The van der Waals surface area contributed by atoms with Crippen molar-refractivity contribution in [2.24, 2.45) is 11.1 Å². The second-order valence-electron chi connectivity index (χ2n) is 6.00. The van der Waals surface area contributed by atoms with E-state index in [0.717, 1.165) is 45.3 Å². The standard InChI is InChI=1S/C14H25N3O2S/c1-2-5-16-13(18)11-9-19-7-6-17(11)10-14(3-4-14)8-12(15)20/h11H,2-10H2,1H3,(H2,15,20)(H,16,18). The third-order valence-electron chi connectivity index (χ3n) is 4.14.